The van der Waals surface area contributed by atoms with Crippen LogP contribution in [0.5, 0.6) is 0 Å². The van der Waals surface area contributed by atoms with E-state index < -0.39 is 0 Å². The zero-order chi connectivity index (χ0) is 9.52. The Bertz CT molecular complexity index is 248. The summed E-state index contributed by atoms with van der Waals surface area (Å²) >= 11 is 0. The summed E-state index contributed by atoms with van der Waals surface area (Å²) in [6.45, 7) is 7.15. The summed E-state index contributed by atoms with van der Waals surface area (Å²) in [4.78, 5) is 4.03. The van der Waals surface area contributed by atoms with Crippen LogP contribution in [0.15, 0.2) is 18.5 Å². The quantitative estimate of drug-likeness (QED) is 0.671. The molecule has 0 radical (unpaired) electrons. The van der Waals surface area contributed by atoms with Crippen molar-refractivity contribution < 1.29 is 0 Å². The maximum Gasteiger partial charge on any atom is 0.0401 e. The third-order valence-corrected chi connectivity index (χ3v) is 1.89. The number of pyridine rings is 1. The topological polar surface area (TPSA) is 37.0 Å². The molecule has 0 aliphatic heterocycles. The Labute approximate surface area is 79.6 Å². The Morgan fingerprint density at radius 2 is 2.23 bits per heavy atom. The minimum absolute atomic E-state index is 0.957. The molecule has 0 saturated carbocycles. The van der Waals surface area contributed by atoms with Gasteiger partial charge in [-0.2, -0.15) is 0 Å². The number of rotatable bonds is 5. The lowest BCUT2D eigenvalue weighted by atomic mass is 10.2. The first-order valence-electron chi connectivity index (χ1n) is 4.69. The molecular weight excluding hydrogens is 162 g/mol. The van der Waals surface area contributed by atoms with Crippen LogP contribution in [0, 0.1) is 6.92 Å². The first kappa shape index (κ1) is 9.99. The van der Waals surface area contributed by atoms with Gasteiger partial charge in [-0.05, 0) is 25.1 Å². The molecule has 1 aromatic rings. The second kappa shape index (κ2) is 5.54. The van der Waals surface area contributed by atoms with Gasteiger partial charge in [-0.1, -0.05) is 6.92 Å². The van der Waals surface area contributed by atoms with Gasteiger partial charge in [0.2, 0.25) is 0 Å². The Morgan fingerprint density at radius 1 is 1.38 bits per heavy atom. The first-order chi connectivity index (χ1) is 6.34. The van der Waals surface area contributed by atoms with Crippen LogP contribution in [0.3, 0.4) is 0 Å². The van der Waals surface area contributed by atoms with Gasteiger partial charge in [-0.15, -0.1) is 0 Å². The molecule has 0 atom stereocenters. The van der Waals surface area contributed by atoms with Crippen LogP contribution >= 0.6 is 0 Å². The van der Waals surface area contributed by atoms with E-state index in [2.05, 4.69) is 29.5 Å². The molecule has 3 heteroatoms. The summed E-state index contributed by atoms with van der Waals surface area (Å²) < 4.78 is 0. The van der Waals surface area contributed by atoms with Crippen molar-refractivity contribution in [1.82, 2.24) is 10.3 Å². The number of nitrogens with one attached hydrogen (secondary N) is 2. The molecule has 72 valence electrons. The van der Waals surface area contributed by atoms with Crippen LogP contribution in [0.1, 0.15) is 12.5 Å². The van der Waals surface area contributed by atoms with E-state index in [0.717, 1.165) is 19.6 Å². The molecule has 2 N–H and O–H groups in total. The van der Waals surface area contributed by atoms with Crippen LogP contribution in [-0.4, -0.2) is 24.6 Å². The zero-order valence-corrected chi connectivity index (χ0v) is 8.30. The first-order valence-corrected chi connectivity index (χ1v) is 4.69. The van der Waals surface area contributed by atoms with Crippen LogP contribution < -0.4 is 10.6 Å². The summed E-state index contributed by atoms with van der Waals surface area (Å²) in [6, 6.07) is 2.00. The van der Waals surface area contributed by atoms with Crippen molar-refractivity contribution in [2.24, 2.45) is 0 Å². The van der Waals surface area contributed by atoms with Gasteiger partial charge >= 0.3 is 0 Å². The van der Waals surface area contributed by atoms with Crippen molar-refractivity contribution in [3.63, 3.8) is 0 Å². The highest BCUT2D eigenvalue weighted by Gasteiger charge is 1.94. The van der Waals surface area contributed by atoms with Crippen molar-refractivity contribution in [3.8, 4) is 0 Å². The van der Waals surface area contributed by atoms with Crippen molar-refractivity contribution in [2.45, 2.75) is 13.8 Å². The fourth-order valence-electron chi connectivity index (χ4n) is 1.13. The molecule has 0 fully saturated rings. The van der Waals surface area contributed by atoms with Gasteiger partial charge in [-0.25, -0.2) is 0 Å². The van der Waals surface area contributed by atoms with E-state index >= 15 is 0 Å². The van der Waals surface area contributed by atoms with E-state index in [9.17, 15) is 0 Å². The molecule has 0 aliphatic carbocycles. The Hall–Kier alpha value is -1.09. The maximum absolute atomic E-state index is 4.03. The molecular formula is C10H17N3. The van der Waals surface area contributed by atoms with Crippen LogP contribution in [0.4, 0.5) is 5.69 Å². The monoisotopic (exact) mass is 179 g/mol. The molecule has 1 heterocycles. The van der Waals surface area contributed by atoms with E-state index in [0.29, 0.717) is 0 Å². The Kier molecular flexibility index (Phi) is 4.26. The van der Waals surface area contributed by atoms with E-state index in [1.165, 1.54) is 11.3 Å². The highest BCUT2D eigenvalue weighted by atomic mass is 14.9. The average Bonchev–Trinajstić information content (AvgIpc) is 2.15. The van der Waals surface area contributed by atoms with Crippen LogP contribution in [0.2, 0.25) is 0 Å². The summed E-state index contributed by atoms with van der Waals surface area (Å²) in [5.41, 5.74) is 2.37. The van der Waals surface area contributed by atoms with Gasteiger partial charge in [0.05, 0.1) is 0 Å². The van der Waals surface area contributed by atoms with Crippen molar-refractivity contribution in [2.75, 3.05) is 25.0 Å². The second-order valence-electron chi connectivity index (χ2n) is 2.97. The number of hydrogen-bond donors (Lipinski definition) is 2. The standard InChI is InChI=1S/C10H17N3/c1-3-11-6-7-13-10-4-5-12-8-9(10)2/h4-5,8,11H,3,6-7H2,1-2H3,(H,12,13). The molecule has 0 bridgehead atoms. The Morgan fingerprint density at radius 3 is 2.92 bits per heavy atom. The number of aromatic nitrogens is 1. The van der Waals surface area contributed by atoms with Gasteiger partial charge < -0.3 is 10.6 Å². The van der Waals surface area contributed by atoms with E-state index in [1.54, 1.807) is 0 Å². The van der Waals surface area contributed by atoms with Gasteiger partial charge in [0.1, 0.15) is 0 Å². The molecule has 13 heavy (non-hydrogen) atoms. The number of nitrogens with zero attached hydrogens (tertiary/aromatic N) is 1. The highest BCUT2D eigenvalue weighted by molar-refractivity contribution is 5.48. The molecule has 0 amide bonds. The highest BCUT2D eigenvalue weighted by Crippen LogP contribution is 2.10. The van der Waals surface area contributed by atoms with E-state index in [-0.39, 0.29) is 0 Å². The van der Waals surface area contributed by atoms with Crippen molar-refractivity contribution in [1.29, 1.82) is 0 Å². The smallest absolute Gasteiger partial charge is 0.0401 e. The number of aryl methyl sites for hydroxylation is 1. The molecule has 1 aromatic heterocycles. The van der Waals surface area contributed by atoms with Crippen LogP contribution in [0.25, 0.3) is 0 Å². The van der Waals surface area contributed by atoms with Gasteiger partial charge in [0.15, 0.2) is 0 Å². The minimum Gasteiger partial charge on any atom is -0.383 e. The maximum atomic E-state index is 4.03. The molecule has 0 unspecified atom stereocenters. The molecule has 0 saturated heterocycles. The lowest BCUT2D eigenvalue weighted by Gasteiger charge is -2.08. The van der Waals surface area contributed by atoms with Gasteiger partial charge in [0, 0.05) is 31.2 Å². The Balaban J connectivity index is 2.32. The lowest BCUT2D eigenvalue weighted by molar-refractivity contribution is 0.738. The summed E-state index contributed by atoms with van der Waals surface area (Å²) in [7, 11) is 0. The third-order valence-electron chi connectivity index (χ3n) is 1.89. The summed E-state index contributed by atoms with van der Waals surface area (Å²) in [5.74, 6) is 0. The van der Waals surface area contributed by atoms with E-state index in [4.69, 9.17) is 0 Å². The molecule has 0 aliphatic rings. The second-order valence-corrected chi connectivity index (χ2v) is 2.97. The zero-order valence-electron chi connectivity index (χ0n) is 8.30. The number of likely N-dealkylation sites (N-methyl/N-ethyl adjacent to an activating group) is 1. The lowest BCUT2D eigenvalue weighted by Crippen LogP contribution is -2.21. The van der Waals surface area contributed by atoms with Gasteiger partial charge in [0.25, 0.3) is 0 Å². The number of anilines is 1. The largest absolute Gasteiger partial charge is 0.383 e. The van der Waals surface area contributed by atoms with Crippen LogP contribution in [-0.2, 0) is 0 Å². The fourth-order valence-corrected chi connectivity index (χ4v) is 1.13. The van der Waals surface area contributed by atoms with Gasteiger partial charge in [-0.3, -0.25) is 4.98 Å². The third kappa shape index (κ3) is 3.42. The molecule has 1 rings (SSSR count). The predicted octanol–water partition coefficient (Wildman–Crippen LogP) is 1.41. The summed E-state index contributed by atoms with van der Waals surface area (Å²) in [5, 5.41) is 6.61. The fraction of sp³-hybridized carbons (Fsp3) is 0.500. The predicted molar refractivity (Wildman–Crippen MR) is 56.0 cm³/mol. The molecule has 3 nitrogen and oxygen atoms in total. The average molecular weight is 179 g/mol. The molecule has 0 aromatic carbocycles. The van der Waals surface area contributed by atoms with Crippen molar-refractivity contribution >= 4 is 5.69 Å². The number of hydrogen-bond acceptors (Lipinski definition) is 3. The SMILES string of the molecule is CCNCCNc1ccncc1C. The minimum atomic E-state index is 0.957. The molecule has 0 spiro atoms. The summed E-state index contributed by atoms with van der Waals surface area (Å²) in [6.07, 6.45) is 3.68. The normalized spacial score (nSPS) is 10.0. The van der Waals surface area contributed by atoms with E-state index in [1.807, 2.05) is 18.5 Å². The van der Waals surface area contributed by atoms with Crippen molar-refractivity contribution in [3.05, 3.63) is 24.0 Å².